The number of anilines is 1. The Morgan fingerprint density at radius 3 is 2.20 bits per heavy atom. The molecule has 0 amide bonds. The second kappa shape index (κ2) is 9.08. The lowest BCUT2D eigenvalue weighted by Gasteiger charge is -2.37. The summed E-state index contributed by atoms with van der Waals surface area (Å²) in [5.74, 6) is -2.02. The molecule has 2 heterocycles. The molecule has 0 aromatic heterocycles. The van der Waals surface area contributed by atoms with Crippen molar-refractivity contribution < 1.29 is 19.3 Å². The molecule has 0 radical (unpaired) electrons. The molecule has 4 aromatic carbocycles. The third-order valence-corrected chi connectivity index (χ3v) is 8.80. The van der Waals surface area contributed by atoms with Crippen LogP contribution in [-0.4, -0.2) is 34.4 Å². The summed E-state index contributed by atoms with van der Waals surface area (Å²) in [6.07, 6.45) is 3.73. The summed E-state index contributed by atoms with van der Waals surface area (Å²) in [6, 6.07) is 24.9. The second-order valence-electron chi connectivity index (χ2n) is 10.5. The van der Waals surface area contributed by atoms with Crippen molar-refractivity contribution in [3.8, 4) is 0 Å². The SMILES string of the molecule is O=C(c1cccc([N+](=O)[O-])c1)[C@@H]1[C@@H](c2ccc(Cl)cc2)C2(C(=O)c3ccccc3C2=O)[C@H]2C=Cc3ccccc3N12. The van der Waals surface area contributed by atoms with Crippen LogP contribution in [0.4, 0.5) is 11.4 Å². The number of fused-ring (bicyclic) bond motifs is 5. The second-order valence-corrected chi connectivity index (χ2v) is 10.9. The van der Waals surface area contributed by atoms with Crippen molar-refractivity contribution in [3.05, 3.63) is 146 Å². The van der Waals surface area contributed by atoms with Gasteiger partial charge >= 0.3 is 0 Å². The maximum absolute atomic E-state index is 14.6. The Morgan fingerprint density at radius 1 is 0.854 bits per heavy atom. The van der Waals surface area contributed by atoms with E-state index in [0.29, 0.717) is 27.4 Å². The van der Waals surface area contributed by atoms with Gasteiger partial charge in [-0.1, -0.05) is 90.5 Å². The van der Waals surface area contributed by atoms with Crippen LogP contribution >= 0.6 is 11.6 Å². The average molecular weight is 561 g/mol. The van der Waals surface area contributed by atoms with Gasteiger partial charge in [0.2, 0.25) is 0 Å². The first-order chi connectivity index (χ1) is 19.8. The van der Waals surface area contributed by atoms with Gasteiger partial charge in [-0.15, -0.1) is 0 Å². The minimum absolute atomic E-state index is 0.126. The number of nitro groups is 1. The van der Waals surface area contributed by atoms with Gasteiger partial charge in [-0.05, 0) is 29.3 Å². The fourth-order valence-corrected chi connectivity index (χ4v) is 7.03. The van der Waals surface area contributed by atoms with Crippen molar-refractivity contribution in [1.82, 2.24) is 0 Å². The van der Waals surface area contributed by atoms with Crippen LogP contribution in [0.5, 0.6) is 0 Å². The number of nitro benzene ring substituents is 1. The topological polar surface area (TPSA) is 97.6 Å². The summed E-state index contributed by atoms with van der Waals surface area (Å²) in [4.78, 5) is 56.7. The van der Waals surface area contributed by atoms with Crippen LogP contribution < -0.4 is 4.90 Å². The largest absolute Gasteiger partial charge is 0.352 e. The standard InChI is InChI=1S/C33H21ClN2O5/c34-22-15-12-20(13-16-22)28-29(30(37)21-7-5-8-23(18-21)36(40)41)35-26-11-4-1-6-19(26)14-17-27(35)33(28)31(38)24-9-2-3-10-25(24)32(33)39/h1-18,27-29H/t27-,28-,29+/m1/s1. The van der Waals surface area contributed by atoms with E-state index in [-0.39, 0.29) is 22.8 Å². The number of hydrogen-bond acceptors (Lipinski definition) is 6. The maximum Gasteiger partial charge on any atom is 0.270 e. The van der Waals surface area contributed by atoms with E-state index in [1.165, 1.54) is 24.3 Å². The number of benzene rings is 4. The fraction of sp³-hybridized carbons (Fsp3) is 0.121. The molecule has 8 heteroatoms. The summed E-state index contributed by atoms with van der Waals surface area (Å²) >= 11 is 6.24. The van der Waals surface area contributed by atoms with Crippen LogP contribution in [0.1, 0.15) is 48.1 Å². The van der Waals surface area contributed by atoms with Crippen LogP contribution in [0.15, 0.2) is 103 Å². The monoisotopic (exact) mass is 560 g/mol. The molecule has 2 aliphatic heterocycles. The molecule has 1 fully saturated rings. The summed E-state index contributed by atoms with van der Waals surface area (Å²) in [5, 5.41) is 12.1. The minimum atomic E-state index is -1.65. The highest BCUT2D eigenvalue weighted by molar-refractivity contribution is 6.32. The predicted molar refractivity (Wildman–Crippen MR) is 155 cm³/mol. The number of halogens is 1. The summed E-state index contributed by atoms with van der Waals surface area (Å²) in [7, 11) is 0. The molecule has 200 valence electrons. The van der Waals surface area contributed by atoms with Gasteiger partial charge in [-0.25, -0.2) is 0 Å². The molecule has 3 aliphatic rings. The minimum Gasteiger partial charge on any atom is -0.352 e. The Balaban J connectivity index is 1.54. The van der Waals surface area contributed by atoms with Gasteiger partial charge in [0.05, 0.1) is 11.0 Å². The first-order valence-electron chi connectivity index (χ1n) is 13.1. The van der Waals surface area contributed by atoms with Crippen molar-refractivity contribution in [1.29, 1.82) is 0 Å². The van der Waals surface area contributed by atoms with Crippen LogP contribution in [0.3, 0.4) is 0 Å². The number of nitrogens with zero attached hydrogens (tertiary/aromatic N) is 2. The summed E-state index contributed by atoms with van der Waals surface area (Å²) < 4.78 is 0. The van der Waals surface area contributed by atoms with E-state index < -0.39 is 34.1 Å². The zero-order valence-electron chi connectivity index (χ0n) is 21.4. The smallest absolute Gasteiger partial charge is 0.270 e. The van der Waals surface area contributed by atoms with Crippen molar-refractivity contribution in [2.24, 2.45) is 5.41 Å². The lowest BCUT2D eigenvalue weighted by atomic mass is 9.64. The van der Waals surface area contributed by atoms with Crippen LogP contribution in [0.25, 0.3) is 6.08 Å². The van der Waals surface area contributed by atoms with E-state index in [1.807, 2.05) is 41.3 Å². The number of non-ortho nitro benzene ring substituents is 1. The molecule has 0 N–H and O–H groups in total. The Kier molecular flexibility index (Phi) is 5.56. The lowest BCUT2D eigenvalue weighted by Crippen LogP contribution is -2.48. The lowest BCUT2D eigenvalue weighted by molar-refractivity contribution is -0.384. The van der Waals surface area contributed by atoms with E-state index >= 15 is 0 Å². The normalized spacial score (nSPS) is 21.5. The van der Waals surface area contributed by atoms with Gasteiger partial charge < -0.3 is 4.90 Å². The van der Waals surface area contributed by atoms with Crippen molar-refractivity contribution in [2.45, 2.75) is 18.0 Å². The first kappa shape index (κ1) is 25.1. The molecule has 3 atom stereocenters. The quantitative estimate of drug-likeness (QED) is 0.121. The molecular formula is C33H21ClN2O5. The molecule has 4 aromatic rings. The predicted octanol–water partition coefficient (Wildman–Crippen LogP) is 6.56. The van der Waals surface area contributed by atoms with E-state index in [9.17, 15) is 24.5 Å². The van der Waals surface area contributed by atoms with Gasteiger partial charge in [0.25, 0.3) is 5.69 Å². The van der Waals surface area contributed by atoms with Gasteiger partial charge in [0.1, 0.15) is 11.5 Å². The van der Waals surface area contributed by atoms with Crippen molar-refractivity contribution in [2.75, 3.05) is 4.90 Å². The molecule has 1 aliphatic carbocycles. The number of Topliss-reactive ketones (excluding diaryl/α,β-unsaturated/α-hetero) is 3. The van der Waals surface area contributed by atoms with Gasteiger partial charge in [-0.2, -0.15) is 0 Å². The zero-order chi connectivity index (χ0) is 28.5. The molecule has 1 spiro atoms. The van der Waals surface area contributed by atoms with Gasteiger partial charge in [0, 0.05) is 45.5 Å². The number of ketones is 3. The summed E-state index contributed by atoms with van der Waals surface area (Å²) in [5.41, 5.74) is 1.05. The Bertz CT molecular complexity index is 1790. The van der Waals surface area contributed by atoms with E-state index in [4.69, 9.17) is 11.6 Å². The third-order valence-electron chi connectivity index (χ3n) is 8.55. The highest BCUT2D eigenvalue weighted by Crippen LogP contribution is 2.61. The molecule has 0 saturated carbocycles. The Hall–Kier alpha value is -4.88. The van der Waals surface area contributed by atoms with Crippen LogP contribution in [0, 0.1) is 15.5 Å². The van der Waals surface area contributed by atoms with E-state index in [2.05, 4.69) is 0 Å². The molecule has 7 rings (SSSR count). The van der Waals surface area contributed by atoms with Crippen molar-refractivity contribution in [3.63, 3.8) is 0 Å². The van der Waals surface area contributed by atoms with Gasteiger partial charge in [-0.3, -0.25) is 24.5 Å². The van der Waals surface area contributed by atoms with E-state index in [0.717, 1.165) is 5.56 Å². The molecule has 0 unspecified atom stereocenters. The third kappa shape index (κ3) is 3.42. The number of carbonyl (C=O) groups is 3. The number of para-hydroxylation sites is 1. The molecule has 41 heavy (non-hydrogen) atoms. The zero-order valence-corrected chi connectivity index (χ0v) is 22.2. The van der Waals surface area contributed by atoms with Gasteiger partial charge in [0.15, 0.2) is 17.3 Å². The Morgan fingerprint density at radius 2 is 1.51 bits per heavy atom. The van der Waals surface area contributed by atoms with Crippen LogP contribution in [-0.2, 0) is 0 Å². The number of hydrogen-bond donors (Lipinski definition) is 0. The summed E-state index contributed by atoms with van der Waals surface area (Å²) in [6.45, 7) is 0. The first-order valence-corrected chi connectivity index (χ1v) is 13.5. The highest BCUT2D eigenvalue weighted by atomic mass is 35.5. The molecule has 7 nitrogen and oxygen atoms in total. The average Bonchev–Trinajstić information content (AvgIpc) is 3.43. The fourth-order valence-electron chi connectivity index (χ4n) is 6.90. The highest BCUT2D eigenvalue weighted by Gasteiger charge is 2.71. The van der Waals surface area contributed by atoms with Crippen molar-refractivity contribution >= 4 is 46.4 Å². The molecular weight excluding hydrogens is 540 g/mol. The Labute approximate surface area is 239 Å². The van der Waals surface area contributed by atoms with E-state index in [1.54, 1.807) is 48.5 Å². The molecule has 0 bridgehead atoms. The maximum atomic E-state index is 14.6. The molecule has 1 saturated heterocycles. The van der Waals surface area contributed by atoms with Crippen LogP contribution in [0.2, 0.25) is 5.02 Å². The number of rotatable bonds is 4. The number of carbonyl (C=O) groups excluding carboxylic acids is 3.